The van der Waals surface area contributed by atoms with Crippen LogP contribution >= 0.6 is 11.8 Å². The molecule has 3 aromatic carbocycles. The number of ether oxygens (including phenoxy) is 3. The number of benzene rings is 3. The fraction of sp³-hybridized carbons (Fsp3) is 0.250. The van der Waals surface area contributed by atoms with Gasteiger partial charge in [-0.15, -0.1) is 0 Å². The molecular formula is C28H29N3O5S. The molecule has 0 bridgehead atoms. The van der Waals surface area contributed by atoms with Gasteiger partial charge in [-0.2, -0.15) is 0 Å². The number of aliphatic imine (C=N–C) groups is 1. The average Bonchev–Trinajstić information content (AvgIpc) is 2.93. The zero-order valence-corrected chi connectivity index (χ0v) is 21.8. The minimum atomic E-state index is -0.628. The van der Waals surface area contributed by atoms with Gasteiger partial charge in [-0.1, -0.05) is 48.2 Å². The number of para-hydroxylation sites is 3. The van der Waals surface area contributed by atoms with Crippen molar-refractivity contribution >= 4 is 40.1 Å². The topological polar surface area (TPSA) is 89.5 Å². The lowest BCUT2D eigenvalue weighted by molar-refractivity contribution is -0.129. The monoisotopic (exact) mass is 519 g/mol. The lowest BCUT2D eigenvalue weighted by Crippen LogP contribution is -2.46. The van der Waals surface area contributed by atoms with Crippen molar-refractivity contribution < 1.29 is 23.8 Å². The van der Waals surface area contributed by atoms with E-state index in [1.54, 1.807) is 38.4 Å². The van der Waals surface area contributed by atoms with E-state index in [0.717, 1.165) is 5.56 Å². The van der Waals surface area contributed by atoms with Gasteiger partial charge in [0.1, 0.15) is 11.0 Å². The van der Waals surface area contributed by atoms with Crippen LogP contribution in [-0.2, 0) is 16.0 Å². The van der Waals surface area contributed by atoms with Crippen molar-refractivity contribution in [2.45, 2.75) is 18.1 Å². The maximum atomic E-state index is 13.3. The van der Waals surface area contributed by atoms with E-state index in [0.29, 0.717) is 46.8 Å². The van der Waals surface area contributed by atoms with Crippen LogP contribution in [0, 0.1) is 0 Å². The smallest absolute Gasteiger partial charge is 0.238 e. The molecule has 2 amide bonds. The summed E-state index contributed by atoms with van der Waals surface area (Å²) in [5.74, 6) is 1.40. The number of nitrogens with zero attached hydrogens (tertiary/aromatic N) is 2. The second-order valence-electron chi connectivity index (χ2n) is 8.21. The Balaban J connectivity index is 1.54. The molecule has 1 aliphatic heterocycles. The minimum Gasteiger partial charge on any atom is -0.495 e. The average molecular weight is 520 g/mol. The van der Waals surface area contributed by atoms with E-state index >= 15 is 0 Å². The molecule has 0 aliphatic carbocycles. The summed E-state index contributed by atoms with van der Waals surface area (Å²) in [7, 11) is 4.73. The zero-order valence-electron chi connectivity index (χ0n) is 21.0. The number of amides is 2. The first kappa shape index (κ1) is 26.1. The molecule has 4 rings (SSSR count). The summed E-state index contributed by atoms with van der Waals surface area (Å²) in [6, 6.07) is 22.3. The molecule has 0 radical (unpaired) electrons. The maximum absolute atomic E-state index is 13.3. The van der Waals surface area contributed by atoms with E-state index in [2.05, 4.69) is 5.32 Å². The van der Waals surface area contributed by atoms with Gasteiger partial charge in [0.05, 0.1) is 32.7 Å². The Hall–Kier alpha value is -3.98. The fourth-order valence-corrected chi connectivity index (χ4v) is 5.04. The first-order valence-corrected chi connectivity index (χ1v) is 12.7. The summed E-state index contributed by atoms with van der Waals surface area (Å²) in [6.07, 6.45) is 0.643. The van der Waals surface area contributed by atoms with Crippen LogP contribution in [0.4, 0.5) is 11.4 Å². The molecule has 0 aromatic heterocycles. The summed E-state index contributed by atoms with van der Waals surface area (Å²) >= 11 is 1.29. The molecular weight excluding hydrogens is 490 g/mol. The van der Waals surface area contributed by atoms with Gasteiger partial charge in [-0.25, -0.2) is 4.99 Å². The molecule has 1 aliphatic rings. The number of hydrogen-bond acceptors (Lipinski definition) is 7. The van der Waals surface area contributed by atoms with E-state index in [9.17, 15) is 9.59 Å². The highest BCUT2D eigenvalue weighted by atomic mass is 32.2. The van der Waals surface area contributed by atoms with Gasteiger partial charge in [0.15, 0.2) is 16.7 Å². The SMILES string of the molecule is COc1ccccc1NC(=O)C1CC(=O)N(CCc2ccc(OC)c(OC)c2)C(=Nc2ccccc2)S1. The molecule has 192 valence electrons. The standard InChI is InChI=1S/C28H29N3O5S/c1-34-22-12-8-7-11-21(22)30-27(33)25-18-26(32)31(28(37-25)29-20-9-5-4-6-10-20)16-15-19-13-14-23(35-2)24(17-19)36-3/h4-14,17,25H,15-16,18H2,1-3H3,(H,30,33). The van der Waals surface area contributed by atoms with E-state index in [1.165, 1.54) is 11.8 Å². The first-order chi connectivity index (χ1) is 18.0. The maximum Gasteiger partial charge on any atom is 0.238 e. The number of rotatable bonds is 9. The highest BCUT2D eigenvalue weighted by Crippen LogP contribution is 2.32. The van der Waals surface area contributed by atoms with Crippen molar-refractivity contribution in [3.63, 3.8) is 0 Å². The Labute approximate surface area is 220 Å². The molecule has 1 atom stereocenters. The quantitative estimate of drug-likeness (QED) is 0.432. The normalized spacial score (nSPS) is 16.4. The molecule has 0 saturated carbocycles. The highest BCUT2D eigenvalue weighted by Gasteiger charge is 2.36. The van der Waals surface area contributed by atoms with Crippen LogP contribution in [0.25, 0.3) is 0 Å². The molecule has 37 heavy (non-hydrogen) atoms. The summed E-state index contributed by atoms with van der Waals surface area (Å²) in [5.41, 5.74) is 2.26. The first-order valence-electron chi connectivity index (χ1n) is 11.8. The number of carbonyl (C=O) groups is 2. The third kappa shape index (κ3) is 6.42. The number of carbonyl (C=O) groups excluding carboxylic acids is 2. The van der Waals surface area contributed by atoms with Gasteiger partial charge >= 0.3 is 0 Å². The number of amidine groups is 1. The molecule has 0 spiro atoms. The molecule has 8 nitrogen and oxygen atoms in total. The lowest BCUT2D eigenvalue weighted by Gasteiger charge is -2.32. The molecule has 1 N–H and O–H groups in total. The number of methoxy groups -OCH3 is 3. The van der Waals surface area contributed by atoms with Crippen molar-refractivity contribution in [2.75, 3.05) is 33.2 Å². The van der Waals surface area contributed by atoms with E-state index in [-0.39, 0.29) is 18.2 Å². The summed E-state index contributed by atoms with van der Waals surface area (Å²) in [4.78, 5) is 32.9. The highest BCUT2D eigenvalue weighted by molar-refractivity contribution is 8.15. The molecule has 3 aromatic rings. The molecule has 1 unspecified atom stereocenters. The van der Waals surface area contributed by atoms with Crippen LogP contribution in [0.5, 0.6) is 17.2 Å². The Morgan fingerprint density at radius 2 is 1.65 bits per heavy atom. The van der Waals surface area contributed by atoms with E-state index in [4.69, 9.17) is 19.2 Å². The van der Waals surface area contributed by atoms with Crippen LogP contribution < -0.4 is 19.5 Å². The van der Waals surface area contributed by atoms with Gasteiger partial charge in [0.2, 0.25) is 11.8 Å². The number of thioether (sulfide) groups is 1. The molecule has 9 heteroatoms. The van der Waals surface area contributed by atoms with Crippen LogP contribution in [0.2, 0.25) is 0 Å². The van der Waals surface area contributed by atoms with E-state index in [1.807, 2.05) is 60.7 Å². The van der Waals surface area contributed by atoms with Crippen LogP contribution in [0.1, 0.15) is 12.0 Å². The van der Waals surface area contributed by atoms with Crippen molar-refractivity contribution in [1.29, 1.82) is 0 Å². The van der Waals surface area contributed by atoms with Gasteiger partial charge < -0.3 is 19.5 Å². The van der Waals surface area contributed by atoms with Crippen molar-refractivity contribution in [2.24, 2.45) is 4.99 Å². The second-order valence-corrected chi connectivity index (χ2v) is 9.38. The molecule has 1 heterocycles. The predicted octanol–water partition coefficient (Wildman–Crippen LogP) is 4.92. The van der Waals surface area contributed by atoms with Gasteiger partial charge in [0, 0.05) is 13.0 Å². The Morgan fingerprint density at radius 1 is 0.946 bits per heavy atom. The van der Waals surface area contributed by atoms with Crippen molar-refractivity contribution in [3.8, 4) is 17.2 Å². The molecule has 1 fully saturated rings. The third-order valence-corrected chi connectivity index (χ3v) is 7.04. The summed E-state index contributed by atoms with van der Waals surface area (Å²) in [6.45, 7) is 0.411. The Kier molecular flexibility index (Phi) is 8.68. The van der Waals surface area contributed by atoms with Crippen LogP contribution in [0.15, 0.2) is 77.8 Å². The minimum absolute atomic E-state index is 0.0609. The van der Waals surface area contributed by atoms with E-state index < -0.39 is 5.25 Å². The second kappa shape index (κ2) is 12.3. The summed E-state index contributed by atoms with van der Waals surface area (Å²) in [5, 5.41) is 2.76. The summed E-state index contributed by atoms with van der Waals surface area (Å²) < 4.78 is 16.1. The van der Waals surface area contributed by atoms with Crippen LogP contribution in [0.3, 0.4) is 0 Å². The number of anilines is 1. The van der Waals surface area contributed by atoms with Gasteiger partial charge in [0.25, 0.3) is 0 Å². The fourth-order valence-electron chi connectivity index (χ4n) is 3.91. The number of nitrogens with one attached hydrogen (secondary N) is 1. The third-order valence-electron chi connectivity index (χ3n) is 5.85. The molecule has 1 saturated heterocycles. The van der Waals surface area contributed by atoms with Crippen LogP contribution in [-0.4, -0.2) is 55.0 Å². The largest absolute Gasteiger partial charge is 0.495 e. The predicted molar refractivity (Wildman–Crippen MR) is 146 cm³/mol. The Morgan fingerprint density at radius 3 is 2.38 bits per heavy atom. The Bertz CT molecular complexity index is 1280. The van der Waals surface area contributed by atoms with Crippen molar-refractivity contribution in [1.82, 2.24) is 4.90 Å². The van der Waals surface area contributed by atoms with Gasteiger partial charge in [-0.05, 0) is 48.4 Å². The number of hydrogen-bond donors (Lipinski definition) is 1. The van der Waals surface area contributed by atoms with Gasteiger partial charge in [-0.3, -0.25) is 14.5 Å². The lowest BCUT2D eigenvalue weighted by atomic mass is 10.1. The zero-order chi connectivity index (χ0) is 26.2. The van der Waals surface area contributed by atoms with Crippen molar-refractivity contribution in [3.05, 3.63) is 78.4 Å².